The molecule has 1 heterocycles. The number of hydrogen-bond acceptors (Lipinski definition) is 3. The Labute approximate surface area is 116 Å². The van der Waals surface area contributed by atoms with Gasteiger partial charge in [-0.3, -0.25) is 4.79 Å². The molecule has 0 aliphatic heterocycles. The molecule has 0 unspecified atom stereocenters. The van der Waals surface area contributed by atoms with Crippen molar-refractivity contribution >= 4 is 33.6 Å². The Morgan fingerprint density at radius 2 is 1.90 bits per heavy atom. The van der Waals surface area contributed by atoms with E-state index in [-0.39, 0.29) is 6.54 Å². The first-order chi connectivity index (χ1) is 9.69. The molecule has 0 radical (unpaired) electrons. The van der Waals surface area contributed by atoms with E-state index in [2.05, 4.69) is 0 Å². The zero-order valence-corrected chi connectivity index (χ0v) is 11.2. The molecular weight excluding hydrogens is 254 g/mol. The first-order valence-electron chi connectivity index (χ1n) is 6.57. The van der Waals surface area contributed by atoms with Crippen molar-refractivity contribution in [2.75, 3.05) is 18.0 Å². The lowest BCUT2D eigenvalue weighted by atomic mass is 10.1. The quantitative estimate of drug-likeness (QED) is 0.787. The fraction of sp³-hybridized carbons (Fsp3) is 0.188. The van der Waals surface area contributed by atoms with Crippen LogP contribution in [0.1, 0.15) is 6.92 Å². The second-order valence-corrected chi connectivity index (χ2v) is 4.69. The maximum Gasteiger partial charge on any atom is 0.323 e. The predicted molar refractivity (Wildman–Crippen MR) is 79.2 cm³/mol. The number of carbonyl (C=O) groups is 1. The minimum Gasteiger partial charge on any atom is -0.480 e. The maximum atomic E-state index is 10.9. The highest BCUT2D eigenvalue weighted by molar-refractivity contribution is 6.05. The van der Waals surface area contributed by atoms with Crippen molar-refractivity contribution in [3.05, 3.63) is 42.5 Å². The van der Waals surface area contributed by atoms with E-state index >= 15 is 0 Å². The molecule has 0 bridgehead atoms. The average Bonchev–Trinajstić information content (AvgIpc) is 2.82. The van der Waals surface area contributed by atoms with Crippen molar-refractivity contribution in [1.82, 2.24) is 0 Å². The van der Waals surface area contributed by atoms with E-state index in [9.17, 15) is 4.79 Å². The fourth-order valence-electron chi connectivity index (χ4n) is 2.46. The monoisotopic (exact) mass is 269 g/mol. The number of likely N-dealkylation sites (N-methyl/N-ethyl adjacent to an activating group) is 1. The molecule has 0 fully saturated rings. The van der Waals surface area contributed by atoms with Gasteiger partial charge >= 0.3 is 5.97 Å². The summed E-state index contributed by atoms with van der Waals surface area (Å²) in [5, 5.41) is 11.1. The summed E-state index contributed by atoms with van der Waals surface area (Å²) < 4.78 is 5.82. The highest BCUT2D eigenvalue weighted by atomic mass is 16.4. The highest BCUT2D eigenvalue weighted by Crippen LogP contribution is 2.31. The molecule has 2 aromatic carbocycles. The van der Waals surface area contributed by atoms with Crippen LogP contribution < -0.4 is 4.90 Å². The first kappa shape index (κ1) is 12.5. The van der Waals surface area contributed by atoms with Crippen molar-refractivity contribution < 1.29 is 14.3 Å². The Balaban J connectivity index is 2.10. The number of benzene rings is 2. The molecule has 3 aromatic rings. The number of hydrogen-bond donors (Lipinski definition) is 1. The van der Waals surface area contributed by atoms with Gasteiger partial charge in [0.15, 0.2) is 0 Å². The molecule has 0 aliphatic rings. The van der Waals surface area contributed by atoms with Crippen molar-refractivity contribution in [2.24, 2.45) is 0 Å². The maximum absolute atomic E-state index is 10.9. The summed E-state index contributed by atoms with van der Waals surface area (Å²) in [7, 11) is 0. The normalized spacial score (nSPS) is 11.1. The molecule has 3 rings (SSSR count). The molecule has 0 spiro atoms. The third kappa shape index (κ3) is 2.09. The third-order valence-corrected chi connectivity index (χ3v) is 3.44. The Kier molecular flexibility index (Phi) is 3.06. The number of rotatable bonds is 4. The fourth-order valence-corrected chi connectivity index (χ4v) is 2.46. The number of fused-ring (bicyclic) bond motifs is 3. The van der Waals surface area contributed by atoms with Gasteiger partial charge in [-0.15, -0.1) is 0 Å². The molecule has 102 valence electrons. The summed E-state index contributed by atoms with van der Waals surface area (Å²) in [5.41, 5.74) is 2.50. The zero-order valence-electron chi connectivity index (χ0n) is 11.2. The van der Waals surface area contributed by atoms with Gasteiger partial charge < -0.3 is 14.4 Å². The number of aliphatic carboxylic acids is 1. The molecule has 0 amide bonds. The summed E-state index contributed by atoms with van der Waals surface area (Å²) in [6.45, 7) is 2.56. The molecular formula is C16H15NO3. The van der Waals surface area contributed by atoms with Crippen LogP contribution in [0.2, 0.25) is 0 Å². The van der Waals surface area contributed by atoms with Gasteiger partial charge in [0.25, 0.3) is 0 Å². The molecule has 20 heavy (non-hydrogen) atoms. The van der Waals surface area contributed by atoms with E-state index in [0.717, 1.165) is 27.6 Å². The largest absolute Gasteiger partial charge is 0.480 e. The zero-order chi connectivity index (χ0) is 14.1. The van der Waals surface area contributed by atoms with Crippen LogP contribution in [0.5, 0.6) is 0 Å². The van der Waals surface area contributed by atoms with Crippen LogP contribution in [0.3, 0.4) is 0 Å². The van der Waals surface area contributed by atoms with Gasteiger partial charge in [0.05, 0.1) is 0 Å². The highest BCUT2D eigenvalue weighted by Gasteiger charge is 2.12. The van der Waals surface area contributed by atoms with Gasteiger partial charge in [0.2, 0.25) is 0 Å². The number of anilines is 1. The molecule has 4 heteroatoms. The lowest BCUT2D eigenvalue weighted by molar-refractivity contribution is -0.135. The van der Waals surface area contributed by atoms with E-state index in [1.54, 1.807) is 4.90 Å². The average molecular weight is 269 g/mol. The van der Waals surface area contributed by atoms with Crippen molar-refractivity contribution in [3.63, 3.8) is 0 Å². The topological polar surface area (TPSA) is 53.7 Å². The Morgan fingerprint density at radius 1 is 1.15 bits per heavy atom. The summed E-state index contributed by atoms with van der Waals surface area (Å²) >= 11 is 0. The number of nitrogens with zero attached hydrogens (tertiary/aromatic N) is 1. The minimum absolute atomic E-state index is 0.0117. The molecule has 4 nitrogen and oxygen atoms in total. The SMILES string of the molecule is CCN(CC(=O)O)c1ccc2c(c1)oc1ccccc12. The number of furan rings is 1. The molecule has 0 saturated heterocycles. The van der Waals surface area contributed by atoms with Crippen LogP contribution in [0.4, 0.5) is 5.69 Å². The van der Waals surface area contributed by atoms with E-state index < -0.39 is 5.97 Å². The van der Waals surface area contributed by atoms with E-state index in [1.807, 2.05) is 49.4 Å². The minimum atomic E-state index is -0.837. The third-order valence-electron chi connectivity index (χ3n) is 3.44. The number of carboxylic acid groups (broad SMARTS) is 1. The van der Waals surface area contributed by atoms with Crippen molar-refractivity contribution in [3.8, 4) is 0 Å². The van der Waals surface area contributed by atoms with Gasteiger partial charge in [0.1, 0.15) is 17.7 Å². The van der Waals surface area contributed by atoms with E-state index in [4.69, 9.17) is 9.52 Å². The van der Waals surface area contributed by atoms with Gasteiger partial charge in [0, 0.05) is 29.1 Å². The van der Waals surface area contributed by atoms with Gasteiger partial charge in [-0.1, -0.05) is 18.2 Å². The smallest absolute Gasteiger partial charge is 0.323 e. The standard InChI is InChI=1S/C16H15NO3/c1-2-17(10-16(18)19)11-7-8-13-12-5-3-4-6-14(12)20-15(13)9-11/h3-9H,2,10H2,1H3,(H,18,19). The van der Waals surface area contributed by atoms with Crippen LogP contribution in [-0.4, -0.2) is 24.2 Å². The van der Waals surface area contributed by atoms with E-state index in [0.29, 0.717) is 6.54 Å². The summed E-state index contributed by atoms with van der Waals surface area (Å²) in [5.74, 6) is -0.837. The second kappa shape index (κ2) is 4.89. The number of para-hydroxylation sites is 1. The first-order valence-corrected chi connectivity index (χ1v) is 6.57. The second-order valence-electron chi connectivity index (χ2n) is 4.69. The predicted octanol–water partition coefficient (Wildman–Crippen LogP) is 3.50. The van der Waals surface area contributed by atoms with Gasteiger partial charge in [-0.25, -0.2) is 0 Å². The Morgan fingerprint density at radius 3 is 2.65 bits per heavy atom. The lowest BCUT2D eigenvalue weighted by Gasteiger charge is -2.20. The van der Waals surface area contributed by atoms with Gasteiger partial charge in [-0.2, -0.15) is 0 Å². The molecule has 1 N–H and O–H groups in total. The van der Waals surface area contributed by atoms with Crippen molar-refractivity contribution in [1.29, 1.82) is 0 Å². The molecule has 0 saturated carbocycles. The molecule has 0 atom stereocenters. The molecule has 0 aliphatic carbocycles. The Hall–Kier alpha value is -2.49. The summed E-state index contributed by atoms with van der Waals surface area (Å²) in [6, 6.07) is 13.7. The van der Waals surface area contributed by atoms with Crippen LogP contribution in [-0.2, 0) is 4.79 Å². The van der Waals surface area contributed by atoms with Crippen LogP contribution in [0, 0.1) is 0 Å². The summed E-state index contributed by atoms with van der Waals surface area (Å²) in [6.07, 6.45) is 0. The molecule has 1 aromatic heterocycles. The van der Waals surface area contributed by atoms with Crippen LogP contribution >= 0.6 is 0 Å². The van der Waals surface area contributed by atoms with Crippen molar-refractivity contribution in [2.45, 2.75) is 6.92 Å². The van der Waals surface area contributed by atoms with E-state index in [1.165, 1.54) is 0 Å². The van der Waals surface area contributed by atoms with Gasteiger partial charge in [-0.05, 0) is 25.1 Å². The lowest BCUT2D eigenvalue weighted by Crippen LogP contribution is -2.29. The van der Waals surface area contributed by atoms with Crippen LogP contribution in [0.25, 0.3) is 21.9 Å². The summed E-state index contributed by atoms with van der Waals surface area (Å²) in [4.78, 5) is 12.7. The van der Waals surface area contributed by atoms with Crippen LogP contribution in [0.15, 0.2) is 46.9 Å². The Bertz CT molecular complexity index is 776. The number of carboxylic acids is 1.